The standard InChI is InChI=1S/C12H11N3O2/c1-8-10(3-2-5-14-8)15-11-4-6-13-7-9(11)12(16)17/h2-7H,1H3,(H,13,15)(H,16,17). The predicted molar refractivity (Wildman–Crippen MR) is 63.5 cm³/mol. The van der Waals surface area contributed by atoms with Crippen LogP contribution in [-0.4, -0.2) is 21.0 Å². The van der Waals surface area contributed by atoms with E-state index in [1.54, 1.807) is 24.5 Å². The average molecular weight is 229 g/mol. The Bertz CT molecular complexity index is 555. The van der Waals surface area contributed by atoms with Crippen molar-refractivity contribution in [3.05, 3.63) is 48.0 Å². The molecular formula is C12H11N3O2. The summed E-state index contributed by atoms with van der Waals surface area (Å²) in [6, 6.07) is 5.25. The van der Waals surface area contributed by atoms with Crippen LogP contribution in [0, 0.1) is 6.92 Å². The Morgan fingerprint density at radius 3 is 2.82 bits per heavy atom. The summed E-state index contributed by atoms with van der Waals surface area (Å²) in [4.78, 5) is 18.9. The van der Waals surface area contributed by atoms with Gasteiger partial charge in [0, 0.05) is 18.6 Å². The number of aryl methyl sites for hydroxylation is 1. The molecule has 2 aromatic heterocycles. The second kappa shape index (κ2) is 4.61. The summed E-state index contributed by atoms with van der Waals surface area (Å²) in [6.45, 7) is 1.85. The van der Waals surface area contributed by atoms with Crippen LogP contribution in [0.2, 0.25) is 0 Å². The van der Waals surface area contributed by atoms with Crippen molar-refractivity contribution < 1.29 is 9.90 Å². The first-order valence-electron chi connectivity index (χ1n) is 5.04. The van der Waals surface area contributed by atoms with E-state index in [0.29, 0.717) is 5.69 Å². The van der Waals surface area contributed by atoms with Gasteiger partial charge in [0.1, 0.15) is 5.56 Å². The Labute approximate surface area is 98.2 Å². The molecule has 0 aliphatic rings. The Morgan fingerprint density at radius 1 is 1.29 bits per heavy atom. The summed E-state index contributed by atoms with van der Waals surface area (Å²) in [5, 5.41) is 12.1. The lowest BCUT2D eigenvalue weighted by Gasteiger charge is -2.10. The summed E-state index contributed by atoms with van der Waals surface area (Å²) in [5.41, 5.74) is 2.22. The fourth-order valence-corrected chi connectivity index (χ4v) is 1.44. The van der Waals surface area contributed by atoms with E-state index >= 15 is 0 Å². The van der Waals surface area contributed by atoms with Gasteiger partial charge in [-0.25, -0.2) is 4.79 Å². The van der Waals surface area contributed by atoms with Crippen LogP contribution in [0.3, 0.4) is 0 Å². The summed E-state index contributed by atoms with van der Waals surface area (Å²) in [7, 11) is 0. The monoisotopic (exact) mass is 229 g/mol. The molecule has 0 aromatic carbocycles. The normalized spacial score (nSPS) is 9.94. The molecule has 86 valence electrons. The molecule has 2 N–H and O–H groups in total. The second-order valence-corrected chi connectivity index (χ2v) is 3.49. The van der Waals surface area contributed by atoms with Gasteiger partial charge in [-0.15, -0.1) is 0 Å². The SMILES string of the molecule is Cc1ncccc1Nc1ccncc1C(=O)O. The van der Waals surface area contributed by atoms with E-state index < -0.39 is 5.97 Å². The van der Waals surface area contributed by atoms with Crippen LogP contribution in [0.4, 0.5) is 11.4 Å². The number of carboxylic acids is 1. The quantitative estimate of drug-likeness (QED) is 0.844. The molecule has 5 heteroatoms. The minimum absolute atomic E-state index is 0.135. The molecule has 0 amide bonds. The number of nitrogens with zero attached hydrogens (tertiary/aromatic N) is 2. The Balaban J connectivity index is 2.37. The maximum absolute atomic E-state index is 11.0. The zero-order valence-corrected chi connectivity index (χ0v) is 9.21. The summed E-state index contributed by atoms with van der Waals surface area (Å²) >= 11 is 0. The fraction of sp³-hybridized carbons (Fsp3) is 0.0833. The molecule has 0 saturated heterocycles. The molecule has 17 heavy (non-hydrogen) atoms. The van der Waals surface area contributed by atoms with Crippen molar-refractivity contribution >= 4 is 17.3 Å². The first kappa shape index (κ1) is 11.1. The highest BCUT2D eigenvalue weighted by Crippen LogP contribution is 2.21. The Morgan fingerprint density at radius 2 is 2.12 bits per heavy atom. The molecular weight excluding hydrogens is 218 g/mol. The molecule has 0 aliphatic heterocycles. The van der Waals surface area contributed by atoms with Gasteiger partial charge < -0.3 is 10.4 Å². The molecule has 0 fully saturated rings. The number of pyridine rings is 2. The molecule has 0 aliphatic carbocycles. The fourth-order valence-electron chi connectivity index (χ4n) is 1.44. The van der Waals surface area contributed by atoms with Crippen LogP contribution >= 0.6 is 0 Å². The van der Waals surface area contributed by atoms with Crippen LogP contribution < -0.4 is 5.32 Å². The predicted octanol–water partition coefficient (Wildman–Crippen LogP) is 2.23. The Hall–Kier alpha value is -2.43. The van der Waals surface area contributed by atoms with E-state index in [0.717, 1.165) is 11.4 Å². The van der Waals surface area contributed by atoms with Crippen LogP contribution in [0.5, 0.6) is 0 Å². The van der Waals surface area contributed by atoms with Crippen LogP contribution in [-0.2, 0) is 0 Å². The molecule has 2 aromatic rings. The largest absolute Gasteiger partial charge is 0.478 e. The number of anilines is 2. The third-order valence-corrected chi connectivity index (χ3v) is 2.33. The van der Waals surface area contributed by atoms with Crippen LogP contribution in [0.25, 0.3) is 0 Å². The maximum atomic E-state index is 11.0. The van der Waals surface area contributed by atoms with Crippen molar-refractivity contribution in [1.29, 1.82) is 0 Å². The lowest BCUT2D eigenvalue weighted by atomic mass is 10.2. The van der Waals surface area contributed by atoms with Crippen molar-refractivity contribution in [3.8, 4) is 0 Å². The lowest BCUT2D eigenvalue weighted by Crippen LogP contribution is -2.04. The van der Waals surface area contributed by atoms with Gasteiger partial charge in [0.15, 0.2) is 0 Å². The number of hydrogen-bond acceptors (Lipinski definition) is 4. The summed E-state index contributed by atoms with van der Waals surface area (Å²) in [5.74, 6) is -1.01. The molecule has 0 saturated carbocycles. The lowest BCUT2D eigenvalue weighted by molar-refractivity contribution is 0.0697. The van der Waals surface area contributed by atoms with E-state index in [1.165, 1.54) is 6.20 Å². The van der Waals surface area contributed by atoms with Crippen LogP contribution in [0.1, 0.15) is 16.1 Å². The van der Waals surface area contributed by atoms with Gasteiger partial charge in [0.05, 0.1) is 17.1 Å². The zero-order valence-electron chi connectivity index (χ0n) is 9.21. The van der Waals surface area contributed by atoms with Gasteiger partial charge in [-0.3, -0.25) is 9.97 Å². The number of aromatic nitrogens is 2. The molecule has 5 nitrogen and oxygen atoms in total. The van der Waals surface area contributed by atoms with Gasteiger partial charge >= 0.3 is 5.97 Å². The number of hydrogen-bond donors (Lipinski definition) is 2. The molecule has 0 spiro atoms. The van der Waals surface area contributed by atoms with Crippen LogP contribution in [0.15, 0.2) is 36.8 Å². The Kier molecular flexibility index (Phi) is 3.00. The summed E-state index contributed by atoms with van der Waals surface area (Å²) in [6.07, 6.45) is 4.54. The highest BCUT2D eigenvalue weighted by atomic mass is 16.4. The number of rotatable bonds is 3. The number of carboxylic acid groups (broad SMARTS) is 1. The van der Waals surface area contributed by atoms with Crippen molar-refractivity contribution in [3.63, 3.8) is 0 Å². The van der Waals surface area contributed by atoms with Gasteiger partial charge in [-0.05, 0) is 25.1 Å². The van der Waals surface area contributed by atoms with E-state index in [2.05, 4.69) is 15.3 Å². The number of aromatic carboxylic acids is 1. The van der Waals surface area contributed by atoms with Crippen molar-refractivity contribution in [2.45, 2.75) is 6.92 Å². The number of nitrogens with one attached hydrogen (secondary N) is 1. The third-order valence-electron chi connectivity index (χ3n) is 2.33. The van der Waals surface area contributed by atoms with Gasteiger partial charge in [-0.1, -0.05) is 0 Å². The summed E-state index contributed by atoms with van der Waals surface area (Å²) < 4.78 is 0. The molecule has 0 radical (unpaired) electrons. The highest BCUT2D eigenvalue weighted by Gasteiger charge is 2.10. The van der Waals surface area contributed by atoms with E-state index in [-0.39, 0.29) is 5.56 Å². The first-order valence-corrected chi connectivity index (χ1v) is 5.04. The second-order valence-electron chi connectivity index (χ2n) is 3.49. The maximum Gasteiger partial charge on any atom is 0.339 e. The van der Waals surface area contributed by atoms with Gasteiger partial charge in [0.25, 0.3) is 0 Å². The van der Waals surface area contributed by atoms with Crippen molar-refractivity contribution in [2.75, 3.05) is 5.32 Å². The van der Waals surface area contributed by atoms with E-state index in [9.17, 15) is 4.79 Å². The minimum atomic E-state index is -1.01. The molecule has 0 bridgehead atoms. The molecule has 2 rings (SSSR count). The minimum Gasteiger partial charge on any atom is -0.478 e. The average Bonchev–Trinajstić information content (AvgIpc) is 2.32. The van der Waals surface area contributed by atoms with Gasteiger partial charge in [0.2, 0.25) is 0 Å². The third kappa shape index (κ3) is 2.39. The molecule has 0 atom stereocenters. The zero-order chi connectivity index (χ0) is 12.3. The van der Waals surface area contributed by atoms with Crippen molar-refractivity contribution in [2.24, 2.45) is 0 Å². The smallest absolute Gasteiger partial charge is 0.339 e. The van der Waals surface area contributed by atoms with E-state index in [1.807, 2.05) is 13.0 Å². The van der Waals surface area contributed by atoms with Crippen molar-refractivity contribution in [1.82, 2.24) is 9.97 Å². The molecule has 0 unspecified atom stereocenters. The molecule has 2 heterocycles. The highest BCUT2D eigenvalue weighted by molar-refractivity contribution is 5.94. The number of carbonyl (C=O) groups is 1. The first-order chi connectivity index (χ1) is 8.18. The topological polar surface area (TPSA) is 75.1 Å². The van der Waals surface area contributed by atoms with E-state index in [4.69, 9.17) is 5.11 Å². The van der Waals surface area contributed by atoms with Gasteiger partial charge in [-0.2, -0.15) is 0 Å².